The lowest BCUT2D eigenvalue weighted by Crippen LogP contribution is -2.73. The average Bonchev–Trinajstić information content (AvgIpc) is 2.77. The van der Waals surface area contributed by atoms with Gasteiger partial charge in [-0.2, -0.15) is 0 Å². The summed E-state index contributed by atoms with van der Waals surface area (Å²) in [6.07, 6.45) is -10.1. The Hall–Kier alpha value is -0.480. The average molecular weight is 456 g/mol. The topological polar surface area (TPSA) is 202 Å². The van der Waals surface area contributed by atoms with Crippen molar-refractivity contribution in [1.82, 2.24) is 5.32 Å². The van der Waals surface area contributed by atoms with Gasteiger partial charge in [0.05, 0.1) is 13.2 Å². The molecule has 0 saturated carbocycles. The highest BCUT2D eigenvalue weighted by Gasteiger charge is 2.55. The van der Waals surface area contributed by atoms with Gasteiger partial charge in [0.15, 0.2) is 18.3 Å². The van der Waals surface area contributed by atoms with Gasteiger partial charge >= 0.3 is 0 Å². The van der Waals surface area contributed by atoms with Gasteiger partial charge in [0.25, 0.3) is 0 Å². The van der Waals surface area contributed by atoms with Crippen LogP contribution in [-0.2, 0) is 14.2 Å². The maximum Gasteiger partial charge on any atom is 0.189 e. The number of aliphatic hydroxyl groups excluding tert-OH is 8. The molecule has 2 aliphatic rings. The molecule has 2 fully saturated rings. The van der Waals surface area contributed by atoms with Crippen molar-refractivity contribution in [3.63, 3.8) is 0 Å². The summed E-state index contributed by atoms with van der Waals surface area (Å²) >= 11 is 0. The normalized spacial score (nSPS) is 43.8. The maximum atomic E-state index is 10.4. The summed E-state index contributed by atoms with van der Waals surface area (Å²) in [5.74, 6) is 0. The zero-order chi connectivity index (χ0) is 23.2. The van der Waals surface area contributed by atoms with Crippen LogP contribution in [0.25, 0.3) is 0 Å². The van der Waals surface area contributed by atoms with E-state index >= 15 is 0 Å². The molecule has 0 spiro atoms. The SMILES string of the molecule is CCCCCCCN[C@]1(CO)O[C@H](O[C@H]2[C@H](O)[C@@H](O)[C@H](O)O[C@@H]2CO)[C@H](O)[C@@H](O)[C@H]1O. The predicted molar refractivity (Wildman–Crippen MR) is 104 cm³/mol. The van der Waals surface area contributed by atoms with Crippen LogP contribution in [-0.4, -0.2) is 122 Å². The molecule has 12 heteroatoms. The highest BCUT2D eigenvalue weighted by atomic mass is 16.7. The second-order valence-electron chi connectivity index (χ2n) is 8.13. The fourth-order valence-electron chi connectivity index (χ4n) is 3.83. The van der Waals surface area contributed by atoms with Gasteiger partial charge in [-0.1, -0.05) is 32.6 Å². The molecule has 9 N–H and O–H groups in total. The molecule has 0 amide bonds. The standard InChI is InChI=1S/C19H37NO11/c1-2-3-4-5-6-7-20-19(9-22)16(27)12(24)14(26)18(31-19)30-15-10(8-21)29-17(28)13(25)11(15)23/h10-18,20-28H,2-9H2,1H3/t10-,11-,12-,13-,14-,15-,16-,17-,18+,19-/m1/s1. The van der Waals surface area contributed by atoms with E-state index in [1.807, 2.05) is 0 Å². The Morgan fingerprint density at radius 3 is 2.16 bits per heavy atom. The summed E-state index contributed by atoms with van der Waals surface area (Å²) < 4.78 is 16.1. The van der Waals surface area contributed by atoms with Crippen molar-refractivity contribution in [2.45, 2.75) is 100 Å². The van der Waals surface area contributed by atoms with Crippen molar-refractivity contribution in [2.24, 2.45) is 0 Å². The first-order chi connectivity index (χ1) is 14.7. The molecule has 2 rings (SSSR count). The minimum Gasteiger partial charge on any atom is -0.394 e. The lowest BCUT2D eigenvalue weighted by Gasteiger charge is -2.50. The van der Waals surface area contributed by atoms with Gasteiger partial charge in [0.2, 0.25) is 0 Å². The van der Waals surface area contributed by atoms with Gasteiger partial charge in [0, 0.05) is 0 Å². The van der Waals surface area contributed by atoms with Gasteiger partial charge in [-0.15, -0.1) is 0 Å². The number of nitrogens with one attached hydrogen (secondary N) is 1. The van der Waals surface area contributed by atoms with Crippen LogP contribution in [0.5, 0.6) is 0 Å². The van der Waals surface area contributed by atoms with Crippen LogP contribution in [0, 0.1) is 0 Å². The van der Waals surface area contributed by atoms with Crippen LogP contribution in [0.4, 0.5) is 0 Å². The quantitative estimate of drug-likeness (QED) is 0.139. The molecule has 0 aromatic heterocycles. The van der Waals surface area contributed by atoms with Crippen LogP contribution < -0.4 is 5.32 Å². The number of aliphatic hydroxyl groups is 8. The Labute approximate surface area is 181 Å². The fourth-order valence-corrected chi connectivity index (χ4v) is 3.83. The summed E-state index contributed by atoms with van der Waals surface area (Å²) in [5.41, 5.74) is -1.86. The molecule has 0 aliphatic carbocycles. The van der Waals surface area contributed by atoms with Crippen molar-refractivity contribution < 1.29 is 55.1 Å². The van der Waals surface area contributed by atoms with Crippen LogP contribution >= 0.6 is 0 Å². The second-order valence-corrected chi connectivity index (χ2v) is 8.13. The molecule has 0 aromatic rings. The van der Waals surface area contributed by atoms with E-state index in [1.54, 1.807) is 0 Å². The number of hydrogen-bond donors (Lipinski definition) is 9. The smallest absolute Gasteiger partial charge is 0.189 e. The summed E-state index contributed by atoms with van der Waals surface area (Å²) in [4.78, 5) is 0. The molecule has 10 atom stereocenters. The van der Waals surface area contributed by atoms with Gasteiger partial charge in [-0.3, -0.25) is 5.32 Å². The molecular formula is C19H37NO11. The minimum absolute atomic E-state index is 0.343. The first-order valence-electron chi connectivity index (χ1n) is 10.8. The maximum absolute atomic E-state index is 10.4. The second kappa shape index (κ2) is 12.1. The van der Waals surface area contributed by atoms with E-state index in [0.29, 0.717) is 13.0 Å². The Balaban J connectivity index is 2.10. The Kier molecular flexibility index (Phi) is 10.5. The molecule has 0 radical (unpaired) electrons. The number of unbranched alkanes of at least 4 members (excludes halogenated alkanes) is 4. The minimum atomic E-state index is -1.86. The molecule has 2 aliphatic heterocycles. The Morgan fingerprint density at radius 1 is 0.871 bits per heavy atom. The molecule has 0 unspecified atom stereocenters. The zero-order valence-electron chi connectivity index (χ0n) is 17.7. The van der Waals surface area contributed by atoms with Gasteiger partial charge < -0.3 is 55.1 Å². The van der Waals surface area contributed by atoms with E-state index in [0.717, 1.165) is 25.7 Å². The van der Waals surface area contributed by atoms with E-state index in [2.05, 4.69) is 12.2 Å². The van der Waals surface area contributed by atoms with Gasteiger partial charge in [-0.25, -0.2) is 0 Å². The number of ether oxygens (including phenoxy) is 3. The van der Waals surface area contributed by atoms with Crippen LogP contribution in [0.3, 0.4) is 0 Å². The molecular weight excluding hydrogens is 418 g/mol. The lowest BCUT2D eigenvalue weighted by atomic mass is 9.93. The van der Waals surface area contributed by atoms with Crippen LogP contribution in [0.1, 0.15) is 39.0 Å². The van der Waals surface area contributed by atoms with E-state index in [9.17, 15) is 40.9 Å². The van der Waals surface area contributed by atoms with E-state index in [4.69, 9.17) is 14.2 Å². The monoisotopic (exact) mass is 455 g/mol. The van der Waals surface area contributed by atoms with E-state index in [-0.39, 0.29) is 0 Å². The lowest BCUT2D eigenvalue weighted by molar-refractivity contribution is -0.380. The highest BCUT2D eigenvalue weighted by Crippen LogP contribution is 2.32. The molecule has 184 valence electrons. The largest absolute Gasteiger partial charge is 0.394 e. The summed E-state index contributed by atoms with van der Waals surface area (Å²) in [6, 6.07) is 0. The van der Waals surface area contributed by atoms with Crippen molar-refractivity contribution >= 4 is 0 Å². The molecule has 2 heterocycles. The third-order valence-electron chi connectivity index (χ3n) is 5.83. The zero-order valence-corrected chi connectivity index (χ0v) is 17.7. The molecule has 31 heavy (non-hydrogen) atoms. The number of rotatable bonds is 11. The molecule has 2 saturated heterocycles. The van der Waals surface area contributed by atoms with Crippen molar-refractivity contribution in [3.05, 3.63) is 0 Å². The van der Waals surface area contributed by atoms with Gasteiger partial charge in [-0.05, 0) is 13.0 Å². The summed E-state index contributed by atoms with van der Waals surface area (Å²) in [5, 5.41) is 83.1. The Morgan fingerprint density at radius 2 is 1.55 bits per heavy atom. The van der Waals surface area contributed by atoms with Crippen molar-refractivity contribution in [2.75, 3.05) is 19.8 Å². The first kappa shape index (κ1) is 26.8. The fraction of sp³-hybridized carbons (Fsp3) is 1.00. The van der Waals surface area contributed by atoms with Crippen LogP contribution in [0.2, 0.25) is 0 Å². The molecule has 0 aromatic carbocycles. The third kappa shape index (κ3) is 6.10. The molecule has 12 nitrogen and oxygen atoms in total. The summed E-state index contributed by atoms with van der Waals surface area (Å²) in [6.45, 7) is 0.978. The Bertz CT molecular complexity index is 527. The van der Waals surface area contributed by atoms with Crippen molar-refractivity contribution in [3.8, 4) is 0 Å². The third-order valence-corrected chi connectivity index (χ3v) is 5.83. The number of hydrogen-bond acceptors (Lipinski definition) is 12. The van der Waals surface area contributed by atoms with Crippen LogP contribution in [0.15, 0.2) is 0 Å². The van der Waals surface area contributed by atoms with E-state index < -0.39 is 74.2 Å². The summed E-state index contributed by atoms with van der Waals surface area (Å²) in [7, 11) is 0. The van der Waals surface area contributed by atoms with Gasteiger partial charge in [0.1, 0.15) is 42.7 Å². The first-order valence-corrected chi connectivity index (χ1v) is 10.8. The van der Waals surface area contributed by atoms with E-state index in [1.165, 1.54) is 0 Å². The molecule has 0 bridgehead atoms. The highest BCUT2D eigenvalue weighted by molar-refractivity contribution is 4.99. The predicted octanol–water partition coefficient (Wildman–Crippen LogP) is -3.51. The van der Waals surface area contributed by atoms with Crippen molar-refractivity contribution in [1.29, 1.82) is 0 Å².